The Kier molecular flexibility index (Phi) is 8.77. The van der Waals surface area contributed by atoms with Crippen molar-refractivity contribution >= 4 is 28.7 Å². The van der Waals surface area contributed by atoms with E-state index < -0.39 is 0 Å². The van der Waals surface area contributed by atoms with E-state index in [1.807, 2.05) is 17.6 Å². The summed E-state index contributed by atoms with van der Waals surface area (Å²) in [7, 11) is 2.19. The highest BCUT2D eigenvalue weighted by molar-refractivity contribution is 5.73. The SMILES string of the molecule is Cc1ccn2nc(C(C)Nc3ncnc(N)c3C#N)nc(N(CCN3CCCC3)Cc3ccc(N4CCN(C)CC4)cc3)c12. The highest BCUT2D eigenvalue weighted by atomic mass is 15.3. The van der Waals surface area contributed by atoms with Gasteiger partial charge in [0.1, 0.15) is 35.1 Å². The van der Waals surface area contributed by atoms with E-state index in [9.17, 15) is 5.26 Å². The molecule has 0 saturated carbocycles. The predicted octanol–water partition coefficient (Wildman–Crippen LogP) is 3.31. The van der Waals surface area contributed by atoms with Gasteiger partial charge in [0.05, 0.1) is 6.04 Å². The molecule has 44 heavy (non-hydrogen) atoms. The minimum absolute atomic E-state index is 0.141. The maximum atomic E-state index is 9.63. The van der Waals surface area contributed by atoms with Crippen LogP contribution in [0.25, 0.3) is 5.52 Å². The highest BCUT2D eigenvalue weighted by Crippen LogP contribution is 2.28. The third kappa shape index (κ3) is 6.39. The van der Waals surface area contributed by atoms with E-state index in [0.717, 1.165) is 75.8 Å². The first kappa shape index (κ1) is 29.6. The fraction of sp³-hybridized carbons (Fsp3) is 0.469. The molecule has 0 radical (unpaired) electrons. The van der Waals surface area contributed by atoms with E-state index in [-0.39, 0.29) is 17.4 Å². The van der Waals surface area contributed by atoms with Crippen LogP contribution < -0.4 is 20.9 Å². The molecule has 2 aliphatic rings. The second-order valence-electron chi connectivity index (χ2n) is 12.0. The van der Waals surface area contributed by atoms with Crippen LogP contribution in [-0.2, 0) is 6.54 Å². The van der Waals surface area contributed by atoms with Gasteiger partial charge in [-0.15, -0.1) is 0 Å². The molecule has 0 amide bonds. The van der Waals surface area contributed by atoms with Crippen molar-refractivity contribution in [2.45, 2.75) is 39.3 Å². The van der Waals surface area contributed by atoms with Crippen molar-refractivity contribution < 1.29 is 0 Å². The number of nitrogens with zero attached hydrogens (tertiary/aromatic N) is 10. The lowest BCUT2D eigenvalue weighted by atomic mass is 10.1. The Labute approximate surface area is 259 Å². The van der Waals surface area contributed by atoms with E-state index in [0.29, 0.717) is 11.6 Å². The van der Waals surface area contributed by atoms with E-state index in [2.05, 4.69) is 85.3 Å². The van der Waals surface area contributed by atoms with Crippen LogP contribution in [0.5, 0.6) is 0 Å². The molecule has 2 aliphatic heterocycles. The molecule has 0 spiro atoms. The Morgan fingerprint density at radius 3 is 2.52 bits per heavy atom. The Hall–Kier alpha value is -4.47. The predicted molar refractivity (Wildman–Crippen MR) is 174 cm³/mol. The van der Waals surface area contributed by atoms with Crippen LogP contribution in [-0.4, -0.2) is 93.8 Å². The molecule has 1 aromatic carbocycles. The molecule has 2 saturated heterocycles. The van der Waals surface area contributed by atoms with Crippen LogP contribution in [0.2, 0.25) is 0 Å². The van der Waals surface area contributed by atoms with Crippen molar-refractivity contribution in [2.75, 3.05) is 80.3 Å². The normalized spacial score (nSPS) is 16.7. The van der Waals surface area contributed by atoms with Crippen LogP contribution in [0.1, 0.15) is 48.3 Å². The molecular formula is C32H42N12. The summed E-state index contributed by atoms with van der Waals surface area (Å²) < 4.78 is 1.92. The van der Waals surface area contributed by atoms with Crippen molar-refractivity contribution in [1.82, 2.24) is 34.4 Å². The summed E-state index contributed by atoms with van der Waals surface area (Å²) >= 11 is 0. The number of anilines is 4. The molecule has 3 N–H and O–H groups in total. The summed E-state index contributed by atoms with van der Waals surface area (Å²) in [6.45, 7) is 13.2. The standard InChI is InChI=1S/C32H42N12/c1-23-10-13-44-28(23)32(38-30(39-44)24(2)37-31-27(20-33)29(34)35-22-36-31)43(19-16-41-11-4-5-12-41)21-25-6-8-26(9-7-25)42-17-14-40(3)15-18-42/h6-10,13,22,24H,4-5,11-12,14-19,21H2,1-3H3,(H3,34,35,36,37). The summed E-state index contributed by atoms with van der Waals surface area (Å²) in [4.78, 5) is 23.2. The number of nitriles is 1. The number of piperazine rings is 1. The Bertz CT molecular complexity index is 1610. The number of fused-ring (bicyclic) bond motifs is 1. The second kappa shape index (κ2) is 13.0. The number of benzene rings is 1. The lowest BCUT2D eigenvalue weighted by molar-refractivity contribution is 0.313. The molecule has 5 heterocycles. The van der Waals surface area contributed by atoms with E-state index in [4.69, 9.17) is 15.8 Å². The Morgan fingerprint density at radius 2 is 1.80 bits per heavy atom. The number of aryl methyl sites for hydroxylation is 1. The monoisotopic (exact) mass is 594 g/mol. The number of hydrogen-bond acceptors (Lipinski definition) is 11. The number of likely N-dealkylation sites (tertiary alicyclic amines) is 1. The van der Waals surface area contributed by atoms with Crippen LogP contribution in [0.4, 0.5) is 23.1 Å². The van der Waals surface area contributed by atoms with Gasteiger partial charge in [0.2, 0.25) is 0 Å². The molecule has 3 aromatic heterocycles. The molecule has 0 aliphatic carbocycles. The molecule has 4 aromatic rings. The molecule has 12 nitrogen and oxygen atoms in total. The number of aromatic nitrogens is 5. The molecule has 0 bridgehead atoms. The maximum Gasteiger partial charge on any atom is 0.173 e. The molecule has 230 valence electrons. The highest BCUT2D eigenvalue weighted by Gasteiger charge is 2.23. The first-order valence-corrected chi connectivity index (χ1v) is 15.5. The van der Waals surface area contributed by atoms with Crippen molar-refractivity contribution in [3.05, 3.63) is 65.4 Å². The number of rotatable bonds is 10. The smallest absolute Gasteiger partial charge is 0.173 e. The van der Waals surface area contributed by atoms with Crippen LogP contribution in [0.15, 0.2) is 42.9 Å². The average Bonchev–Trinajstić information content (AvgIpc) is 3.69. The average molecular weight is 595 g/mol. The first-order valence-electron chi connectivity index (χ1n) is 15.5. The Balaban J connectivity index is 1.31. The number of likely N-dealkylation sites (N-methyl/N-ethyl adjacent to an activating group) is 1. The van der Waals surface area contributed by atoms with Crippen LogP contribution in [0, 0.1) is 18.3 Å². The molecule has 1 unspecified atom stereocenters. The summed E-state index contributed by atoms with van der Waals surface area (Å²) in [6, 6.07) is 12.9. The third-order valence-electron chi connectivity index (χ3n) is 8.80. The zero-order valence-corrected chi connectivity index (χ0v) is 25.9. The van der Waals surface area contributed by atoms with E-state index >= 15 is 0 Å². The Morgan fingerprint density at radius 1 is 1.05 bits per heavy atom. The van der Waals surface area contributed by atoms with Gasteiger partial charge in [-0.3, -0.25) is 0 Å². The van der Waals surface area contributed by atoms with Crippen molar-refractivity contribution in [3.8, 4) is 6.07 Å². The van der Waals surface area contributed by atoms with Gasteiger partial charge in [-0.1, -0.05) is 12.1 Å². The van der Waals surface area contributed by atoms with Crippen molar-refractivity contribution in [2.24, 2.45) is 0 Å². The van der Waals surface area contributed by atoms with Crippen molar-refractivity contribution in [1.29, 1.82) is 5.26 Å². The second-order valence-corrected chi connectivity index (χ2v) is 12.0. The zero-order chi connectivity index (χ0) is 30.6. The summed E-state index contributed by atoms with van der Waals surface area (Å²) in [6.07, 6.45) is 5.85. The van der Waals surface area contributed by atoms with Crippen LogP contribution in [0.3, 0.4) is 0 Å². The van der Waals surface area contributed by atoms with E-state index in [1.54, 1.807) is 0 Å². The van der Waals surface area contributed by atoms with E-state index in [1.165, 1.54) is 30.4 Å². The lowest BCUT2D eigenvalue weighted by Crippen LogP contribution is -2.44. The fourth-order valence-corrected chi connectivity index (χ4v) is 6.09. The maximum absolute atomic E-state index is 9.63. The molecule has 1 atom stereocenters. The summed E-state index contributed by atoms with van der Waals surface area (Å²) in [5, 5.41) is 17.8. The van der Waals surface area contributed by atoms with Crippen LogP contribution >= 0.6 is 0 Å². The number of nitrogens with two attached hydrogens (primary N) is 1. The first-order chi connectivity index (χ1) is 21.4. The summed E-state index contributed by atoms with van der Waals surface area (Å²) in [5.41, 5.74) is 10.8. The minimum atomic E-state index is -0.342. The largest absolute Gasteiger partial charge is 0.382 e. The third-order valence-corrected chi connectivity index (χ3v) is 8.80. The van der Waals surface area contributed by atoms with Gasteiger partial charge in [-0.25, -0.2) is 19.5 Å². The quantitative estimate of drug-likeness (QED) is 0.280. The van der Waals surface area contributed by atoms with Gasteiger partial charge in [0.15, 0.2) is 11.6 Å². The number of hydrogen-bond donors (Lipinski definition) is 2. The molecule has 2 fully saturated rings. The zero-order valence-electron chi connectivity index (χ0n) is 25.9. The summed E-state index contributed by atoms with van der Waals surface area (Å²) in [5.74, 6) is 2.01. The van der Waals surface area contributed by atoms with Gasteiger partial charge < -0.3 is 30.7 Å². The number of nitrogens with one attached hydrogen (secondary N) is 1. The van der Waals surface area contributed by atoms with Gasteiger partial charge in [-0.05, 0) is 76.2 Å². The van der Waals surface area contributed by atoms with Gasteiger partial charge in [0.25, 0.3) is 0 Å². The molecule has 12 heteroatoms. The molecular weight excluding hydrogens is 552 g/mol. The van der Waals surface area contributed by atoms with Gasteiger partial charge >= 0.3 is 0 Å². The fourth-order valence-electron chi connectivity index (χ4n) is 6.09. The van der Waals surface area contributed by atoms with Gasteiger partial charge in [0, 0.05) is 57.7 Å². The van der Waals surface area contributed by atoms with Crippen molar-refractivity contribution in [3.63, 3.8) is 0 Å². The molecule has 6 rings (SSSR count). The topological polar surface area (TPSA) is 131 Å². The van der Waals surface area contributed by atoms with Gasteiger partial charge in [-0.2, -0.15) is 10.4 Å². The minimum Gasteiger partial charge on any atom is -0.382 e. The number of nitrogen functional groups attached to an aromatic ring is 1. The lowest BCUT2D eigenvalue weighted by Gasteiger charge is -2.34.